The summed E-state index contributed by atoms with van der Waals surface area (Å²) in [6.45, 7) is 14.0. The molecule has 0 heterocycles. The van der Waals surface area contributed by atoms with Crippen molar-refractivity contribution in [2.75, 3.05) is 0 Å². The van der Waals surface area contributed by atoms with E-state index in [9.17, 15) is 0 Å². The number of hydrogen-bond donors (Lipinski definition) is 0. The van der Waals surface area contributed by atoms with Gasteiger partial charge in [-0.3, -0.25) is 0 Å². The SMILES string of the molecule is CCC(CC(C)C)C(C)(C)C. The van der Waals surface area contributed by atoms with Gasteiger partial charge in [-0.05, 0) is 23.7 Å². The maximum Gasteiger partial charge on any atom is -0.0354 e. The molecule has 0 spiro atoms. The molecule has 0 aromatic heterocycles. The molecule has 0 aromatic rings. The molecule has 68 valence electrons. The van der Waals surface area contributed by atoms with Crippen molar-refractivity contribution in [1.29, 1.82) is 0 Å². The third kappa shape index (κ3) is 4.44. The van der Waals surface area contributed by atoms with Gasteiger partial charge in [-0.2, -0.15) is 0 Å². The summed E-state index contributed by atoms with van der Waals surface area (Å²) >= 11 is 0. The van der Waals surface area contributed by atoms with E-state index in [1.807, 2.05) is 0 Å². The van der Waals surface area contributed by atoms with Crippen LogP contribution in [0.25, 0.3) is 0 Å². The lowest BCUT2D eigenvalue weighted by Crippen LogP contribution is -2.21. The average Bonchev–Trinajstić information content (AvgIpc) is 1.79. The van der Waals surface area contributed by atoms with Gasteiger partial charge in [0.05, 0.1) is 0 Å². The largest absolute Gasteiger partial charge is 0.0651 e. The zero-order valence-corrected chi connectivity index (χ0v) is 9.07. The van der Waals surface area contributed by atoms with Crippen molar-refractivity contribution < 1.29 is 0 Å². The first-order valence-electron chi connectivity index (χ1n) is 4.88. The Labute approximate surface area is 72.4 Å². The van der Waals surface area contributed by atoms with Crippen LogP contribution in [-0.2, 0) is 0 Å². The predicted octanol–water partition coefficient (Wildman–Crippen LogP) is 4.10. The summed E-state index contributed by atoms with van der Waals surface area (Å²) in [5.41, 5.74) is 0.499. The van der Waals surface area contributed by atoms with Crippen molar-refractivity contribution in [3.8, 4) is 0 Å². The van der Waals surface area contributed by atoms with E-state index in [1.165, 1.54) is 12.8 Å². The van der Waals surface area contributed by atoms with Crippen LogP contribution in [0.2, 0.25) is 0 Å². The van der Waals surface area contributed by atoms with Crippen LogP contribution < -0.4 is 0 Å². The van der Waals surface area contributed by atoms with Crippen LogP contribution in [0.1, 0.15) is 54.4 Å². The Hall–Kier alpha value is 0. The number of hydrogen-bond acceptors (Lipinski definition) is 0. The second-order valence-electron chi connectivity index (χ2n) is 5.10. The molecule has 0 aliphatic carbocycles. The number of rotatable bonds is 3. The molecule has 0 heteroatoms. The Morgan fingerprint density at radius 3 is 1.64 bits per heavy atom. The smallest absolute Gasteiger partial charge is 0.0354 e. The van der Waals surface area contributed by atoms with Gasteiger partial charge >= 0.3 is 0 Å². The first-order valence-corrected chi connectivity index (χ1v) is 4.88. The highest BCUT2D eigenvalue weighted by Crippen LogP contribution is 2.33. The van der Waals surface area contributed by atoms with Gasteiger partial charge in [-0.1, -0.05) is 48.0 Å². The van der Waals surface area contributed by atoms with Crippen LogP contribution in [0.5, 0.6) is 0 Å². The zero-order chi connectivity index (χ0) is 9.07. The van der Waals surface area contributed by atoms with Crippen LogP contribution in [0.4, 0.5) is 0 Å². The maximum absolute atomic E-state index is 2.35. The molecule has 0 aliphatic heterocycles. The molecule has 0 saturated carbocycles. The van der Waals surface area contributed by atoms with Gasteiger partial charge in [-0.15, -0.1) is 0 Å². The summed E-state index contributed by atoms with van der Waals surface area (Å²) in [6, 6.07) is 0. The first kappa shape index (κ1) is 11.0. The monoisotopic (exact) mass is 156 g/mol. The summed E-state index contributed by atoms with van der Waals surface area (Å²) < 4.78 is 0. The molecule has 0 nitrogen and oxygen atoms in total. The van der Waals surface area contributed by atoms with Crippen LogP contribution in [-0.4, -0.2) is 0 Å². The highest BCUT2D eigenvalue weighted by molar-refractivity contribution is 4.73. The van der Waals surface area contributed by atoms with Gasteiger partial charge in [0.2, 0.25) is 0 Å². The van der Waals surface area contributed by atoms with E-state index in [1.54, 1.807) is 0 Å². The van der Waals surface area contributed by atoms with E-state index in [0.717, 1.165) is 11.8 Å². The maximum atomic E-state index is 2.35. The third-order valence-electron chi connectivity index (χ3n) is 2.47. The fraction of sp³-hybridized carbons (Fsp3) is 1.00. The molecule has 0 bridgehead atoms. The minimum absolute atomic E-state index is 0.499. The van der Waals surface area contributed by atoms with Crippen molar-refractivity contribution in [3.63, 3.8) is 0 Å². The van der Waals surface area contributed by atoms with Gasteiger partial charge in [0.15, 0.2) is 0 Å². The molecule has 0 fully saturated rings. The van der Waals surface area contributed by atoms with Gasteiger partial charge in [-0.25, -0.2) is 0 Å². The van der Waals surface area contributed by atoms with E-state index in [-0.39, 0.29) is 0 Å². The highest BCUT2D eigenvalue weighted by Gasteiger charge is 2.22. The Balaban J connectivity index is 3.96. The third-order valence-corrected chi connectivity index (χ3v) is 2.47. The Kier molecular flexibility index (Phi) is 4.13. The molecule has 0 aliphatic rings. The summed E-state index contributed by atoms with van der Waals surface area (Å²) in [7, 11) is 0. The summed E-state index contributed by atoms with van der Waals surface area (Å²) in [4.78, 5) is 0. The van der Waals surface area contributed by atoms with E-state index < -0.39 is 0 Å². The summed E-state index contributed by atoms with van der Waals surface area (Å²) in [5.74, 6) is 1.74. The topological polar surface area (TPSA) is 0 Å². The molecule has 0 radical (unpaired) electrons. The molecule has 0 amide bonds. The van der Waals surface area contributed by atoms with E-state index in [0.29, 0.717) is 5.41 Å². The lowest BCUT2D eigenvalue weighted by molar-refractivity contribution is 0.198. The van der Waals surface area contributed by atoms with Crippen LogP contribution in [0, 0.1) is 17.3 Å². The normalized spacial score (nSPS) is 15.5. The van der Waals surface area contributed by atoms with Crippen molar-refractivity contribution in [1.82, 2.24) is 0 Å². The van der Waals surface area contributed by atoms with Crippen molar-refractivity contribution in [2.24, 2.45) is 17.3 Å². The Morgan fingerprint density at radius 1 is 1.09 bits per heavy atom. The second kappa shape index (κ2) is 4.13. The molecule has 11 heavy (non-hydrogen) atoms. The summed E-state index contributed by atoms with van der Waals surface area (Å²) in [6.07, 6.45) is 2.70. The Bertz CT molecular complexity index is 95.1. The quantitative estimate of drug-likeness (QED) is 0.577. The standard InChI is InChI=1S/C11H24/c1-7-10(8-9(2)3)11(4,5)6/h9-10H,7-8H2,1-6H3. The molecule has 0 saturated heterocycles. The van der Waals surface area contributed by atoms with Crippen LogP contribution in [0.3, 0.4) is 0 Å². The average molecular weight is 156 g/mol. The highest BCUT2D eigenvalue weighted by atomic mass is 14.3. The van der Waals surface area contributed by atoms with Gasteiger partial charge in [0, 0.05) is 0 Å². The molecule has 1 atom stereocenters. The minimum atomic E-state index is 0.499. The van der Waals surface area contributed by atoms with E-state index >= 15 is 0 Å². The molecule has 1 unspecified atom stereocenters. The predicted molar refractivity (Wildman–Crippen MR) is 52.7 cm³/mol. The van der Waals surface area contributed by atoms with Crippen molar-refractivity contribution >= 4 is 0 Å². The Morgan fingerprint density at radius 2 is 1.55 bits per heavy atom. The van der Waals surface area contributed by atoms with E-state index in [4.69, 9.17) is 0 Å². The van der Waals surface area contributed by atoms with E-state index in [2.05, 4.69) is 41.5 Å². The van der Waals surface area contributed by atoms with Gasteiger partial charge in [0.1, 0.15) is 0 Å². The fourth-order valence-corrected chi connectivity index (χ4v) is 1.70. The van der Waals surface area contributed by atoms with Crippen molar-refractivity contribution in [2.45, 2.75) is 54.4 Å². The lowest BCUT2D eigenvalue weighted by atomic mass is 9.75. The molecule has 0 aromatic carbocycles. The van der Waals surface area contributed by atoms with Gasteiger partial charge in [0.25, 0.3) is 0 Å². The molecule has 0 N–H and O–H groups in total. The lowest BCUT2D eigenvalue weighted by Gasteiger charge is -2.31. The molecular formula is C11H24. The van der Waals surface area contributed by atoms with Crippen LogP contribution in [0.15, 0.2) is 0 Å². The molecule has 0 rings (SSSR count). The van der Waals surface area contributed by atoms with Gasteiger partial charge < -0.3 is 0 Å². The second-order valence-corrected chi connectivity index (χ2v) is 5.10. The fourth-order valence-electron chi connectivity index (χ4n) is 1.70. The van der Waals surface area contributed by atoms with Crippen molar-refractivity contribution in [3.05, 3.63) is 0 Å². The molecular weight excluding hydrogens is 132 g/mol. The first-order chi connectivity index (χ1) is 4.88. The van der Waals surface area contributed by atoms with Crippen LogP contribution >= 0.6 is 0 Å². The summed E-state index contributed by atoms with van der Waals surface area (Å²) in [5, 5.41) is 0. The zero-order valence-electron chi connectivity index (χ0n) is 9.07. The minimum Gasteiger partial charge on any atom is -0.0651 e.